The van der Waals surface area contributed by atoms with Crippen LogP contribution >= 0.6 is 0 Å². The van der Waals surface area contributed by atoms with Crippen LogP contribution in [-0.4, -0.2) is 63.3 Å². The van der Waals surface area contributed by atoms with E-state index in [0.29, 0.717) is 39.5 Å². The molecule has 2 aromatic carbocycles. The molecule has 0 aliphatic carbocycles. The number of nitrogens with zero attached hydrogens (tertiary/aromatic N) is 5. The summed E-state index contributed by atoms with van der Waals surface area (Å²) in [6.07, 6.45) is 2.88. The van der Waals surface area contributed by atoms with Crippen LogP contribution in [-0.2, 0) is 13.1 Å². The highest BCUT2D eigenvalue weighted by atomic mass is 19.1. The summed E-state index contributed by atoms with van der Waals surface area (Å²) < 4.78 is 32.3. The van der Waals surface area contributed by atoms with E-state index in [4.69, 9.17) is 14.2 Å². The summed E-state index contributed by atoms with van der Waals surface area (Å²) in [6.45, 7) is 0.775. The van der Waals surface area contributed by atoms with Crippen LogP contribution in [0.25, 0.3) is 22.3 Å². The summed E-state index contributed by atoms with van der Waals surface area (Å²) in [4.78, 5) is 30.0. The Kier molecular flexibility index (Phi) is 7.44. The van der Waals surface area contributed by atoms with E-state index in [1.165, 1.54) is 50.6 Å². The smallest absolute Gasteiger partial charge is 0.269 e. The number of H-pyrrole nitrogens is 1. The van der Waals surface area contributed by atoms with E-state index < -0.39 is 0 Å². The number of benzene rings is 2. The number of ether oxygens (including phenoxy) is 3. The highest BCUT2D eigenvalue weighted by Crippen LogP contribution is 2.40. The van der Waals surface area contributed by atoms with Crippen LogP contribution in [0.15, 0.2) is 59.8 Å². The molecule has 0 saturated heterocycles. The minimum absolute atomic E-state index is 0.231. The standard InChI is InChI=1S/C27H26FN7O5/c1-38-22-10-17(11-23(39-2)24(22)40-3)20-12-21(33-32-20)26(36)29-8-9-35-25-19(13-31-35)27(37)34(15-30-25)14-16-4-6-18(28)7-5-16/h4-7,10-13,15H,8-9,14H2,1-3H3,(H,29,36)(H,32,33). The molecule has 206 valence electrons. The molecule has 0 fully saturated rings. The Morgan fingerprint density at radius 1 is 1.05 bits per heavy atom. The van der Waals surface area contributed by atoms with Crippen LogP contribution in [0.3, 0.4) is 0 Å². The van der Waals surface area contributed by atoms with E-state index in [1.54, 1.807) is 35.0 Å². The van der Waals surface area contributed by atoms with Crippen molar-refractivity contribution in [1.29, 1.82) is 0 Å². The molecule has 3 aromatic heterocycles. The van der Waals surface area contributed by atoms with Crippen molar-refractivity contribution < 1.29 is 23.4 Å². The van der Waals surface area contributed by atoms with E-state index in [9.17, 15) is 14.0 Å². The van der Waals surface area contributed by atoms with Gasteiger partial charge in [0.1, 0.15) is 23.2 Å². The molecule has 0 atom stereocenters. The number of carbonyl (C=O) groups is 1. The summed E-state index contributed by atoms with van der Waals surface area (Å²) in [5.74, 6) is 0.678. The monoisotopic (exact) mass is 547 g/mol. The third kappa shape index (κ3) is 5.21. The zero-order valence-electron chi connectivity index (χ0n) is 22.0. The number of carbonyl (C=O) groups excluding carboxylic acids is 1. The molecule has 0 saturated carbocycles. The number of rotatable bonds is 10. The lowest BCUT2D eigenvalue weighted by atomic mass is 10.1. The van der Waals surface area contributed by atoms with E-state index in [0.717, 1.165) is 5.56 Å². The molecule has 5 aromatic rings. The lowest BCUT2D eigenvalue weighted by molar-refractivity contribution is 0.0947. The number of nitrogens with one attached hydrogen (secondary N) is 2. The normalized spacial score (nSPS) is 11.0. The molecule has 0 bridgehead atoms. The number of hydrogen-bond acceptors (Lipinski definition) is 8. The van der Waals surface area contributed by atoms with E-state index in [-0.39, 0.29) is 42.6 Å². The average molecular weight is 548 g/mol. The summed E-state index contributed by atoms with van der Waals surface area (Å²) >= 11 is 0. The Morgan fingerprint density at radius 2 is 1.77 bits per heavy atom. The summed E-state index contributed by atoms with van der Waals surface area (Å²) in [5, 5.41) is 14.4. The van der Waals surface area contributed by atoms with Crippen LogP contribution in [0.2, 0.25) is 0 Å². The second-order valence-electron chi connectivity index (χ2n) is 8.75. The highest BCUT2D eigenvalue weighted by molar-refractivity contribution is 5.93. The van der Waals surface area contributed by atoms with Gasteiger partial charge in [0.15, 0.2) is 17.1 Å². The lowest BCUT2D eigenvalue weighted by Crippen LogP contribution is -2.28. The molecule has 13 heteroatoms. The first-order valence-corrected chi connectivity index (χ1v) is 12.2. The van der Waals surface area contributed by atoms with Gasteiger partial charge in [-0.2, -0.15) is 10.2 Å². The third-order valence-corrected chi connectivity index (χ3v) is 6.28. The largest absolute Gasteiger partial charge is 0.493 e. The first-order valence-electron chi connectivity index (χ1n) is 12.2. The van der Waals surface area contributed by atoms with Gasteiger partial charge in [-0.3, -0.25) is 19.3 Å². The van der Waals surface area contributed by atoms with Gasteiger partial charge in [-0.05, 0) is 35.9 Å². The SMILES string of the molecule is COc1cc(-c2cc(C(=O)NCCn3ncc4c(=O)n(Cc5ccc(F)cc5)cnc43)[nH]n2)cc(OC)c1OC. The number of methoxy groups -OCH3 is 3. The molecule has 2 N–H and O–H groups in total. The molecule has 0 radical (unpaired) electrons. The van der Waals surface area contributed by atoms with Gasteiger partial charge in [-0.1, -0.05) is 12.1 Å². The molecule has 0 aliphatic rings. The van der Waals surface area contributed by atoms with Gasteiger partial charge in [0.05, 0.1) is 46.3 Å². The van der Waals surface area contributed by atoms with Crippen molar-refractivity contribution in [1.82, 2.24) is 34.8 Å². The topological polar surface area (TPSA) is 138 Å². The van der Waals surface area contributed by atoms with Gasteiger partial charge in [-0.15, -0.1) is 0 Å². The van der Waals surface area contributed by atoms with Gasteiger partial charge in [0, 0.05) is 12.1 Å². The van der Waals surface area contributed by atoms with Crippen molar-refractivity contribution in [3.8, 4) is 28.5 Å². The molecular weight excluding hydrogens is 521 g/mol. The van der Waals surface area contributed by atoms with Crippen molar-refractivity contribution in [2.75, 3.05) is 27.9 Å². The molecule has 0 unspecified atom stereocenters. The maximum absolute atomic E-state index is 13.2. The number of amides is 1. The third-order valence-electron chi connectivity index (χ3n) is 6.28. The van der Waals surface area contributed by atoms with Gasteiger partial charge in [0.25, 0.3) is 11.5 Å². The maximum atomic E-state index is 13.2. The van der Waals surface area contributed by atoms with Crippen LogP contribution in [0.1, 0.15) is 16.1 Å². The minimum Gasteiger partial charge on any atom is -0.493 e. The number of aromatic amines is 1. The van der Waals surface area contributed by atoms with E-state index in [2.05, 4.69) is 25.6 Å². The second-order valence-corrected chi connectivity index (χ2v) is 8.75. The molecule has 0 spiro atoms. The number of halogens is 1. The quantitative estimate of drug-likeness (QED) is 0.272. The predicted molar refractivity (Wildman–Crippen MR) is 143 cm³/mol. The fourth-order valence-corrected chi connectivity index (χ4v) is 4.25. The van der Waals surface area contributed by atoms with Gasteiger partial charge in [0.2, 0.25) is 5.75 Å². The first kappa shape index (κ1) is 26.4. The predicted octanol–water partition coefficient (Wildman–Crippen LogP) is 2.63. The average Bonchev–Trinajstić information content (AvgIpc) is 3.63. The van der Waals surface area contributed by atoms with Crippen LogP contribution in [0, 0.1) is 5.82 Å². The van der Waals surface area contributed by atoms with Crippen molar-refractivity contribution in [2.24, 2.45) is 0 Å². The summed E-state index contributed by atoms with van der Waals surface area (Å²) in [6, 6.07) is 11.0. The van der Waals surface area contributed by atoms with Crippen molar-refractivity contribution in [3.63, 3.8) is 0 Å². The zero-order valence-corrected chi connectivity index (χ0v) is 22.0. The Balaban J connectivity index is 1.24. The molecule has 40 heavy (non-hydrogen) atoms. The van der Waals surface area contributed by atoms with Crippen molar-refractivity contribution in [3.05, 3.63) is 82.4 Å². The van der Waals surface area contributed by atoms with Crippen LogP contribution < -0.4 is 25.1 Å². The molecular formula is C27H26FN7O5. The maximum Gasteiger partial charge on any atom is 0.269 e. The lowest BCUT2D eigenvalue weighted by Gasteiger charge is -2.13. The van der Waals surface area contributed by atoms with Gasteiger partial charge in [-0.25, -0.2) is 14.1 Å². The van der Waals surface area contributed by atoms with Crippen molar-refractivity contribution in [2.45, 2.75) is 13.1 Å². The Hall–Kier alpha value is -5.20. The minimum atomic E-state index is -0.364. The fourth-order valence-electron chi connectivity index (χ4n) is 4.25. The molecule has 12 nitrogen and oxygen atoms in total. The van der Waals surface area contributed by atoms with E-state index >= 15 is 0 Å². The number of fused-ring (bicyclic) bond motifs is 1. The van der Waals surface area contributed by atoms with Crippen LogP contribution in [0.4, 0.5) is 4.39 Å². The Labute approximate surface area is 227 Å². The molecule has 0 aliphatic heterocycles. The number of hydrogen-bond donors (Lipinski definition) is 2. The van der Waals surface area contributed by atoms with E-state index in [1.807, 2.05) is 0 Å². The molecule has 1 amide bonds. The van der Waals surface area contributed by atoms with Gasteiger partial charge >= 0.3 is 0 Å². The molecule has 3 heterocycles. The highest BCUT2D eigenvalue weighted by Gasteiger charge is 2.17. The summed E-state index contributed by atoms with van der Waals surface area (Å²) in [5.41, 5.74) is 2.36. The van der Waals surface area contributed by atoms with Crippen molar-refractivity contribution >= 4 is 16.9 Å². The first-order chi connectivity index (χ1) is 19.4. The van der Waals surface area contributed by atoms with Gasteiger partial charge < -0.3 is 19.5 Å². The Bertz CT molecular complexity index is 1700. The molecule has 5 rings (SSSR count). The zero-order chi connectivity index (χ0) is 28.2. The Morgan fingerprint density at radius 3 is 2.45 bits per heavy atom. The van der Waals surface area contributed by atoms with Crippen LogP contribution in [0.5, 0.6) is 17.2 Å². The fraction of sp³-hybridized carbons (Fsp3) is 0.222. The second kappa shape index (κ2) is 11.3. The number of aromatic nitrogens is 6. The summed E-state index contributed by atoms with van der Waals surface area (Å²) in [7, 11) is 4.56.